The van der Waals surface area contributed by atoms with E-state index >= 15 is 0 Å². The molecule has 1 aromatic carbocycles. The summed E-state index contributed by atoms with van der Waals surface area (Å²) in [5.41, 5.74) is 8.70. The lowest BCUT2D eigenvalue weighted by Gasteiger charge is -2.13. The average Bonchev–Trinajstić information content (AvgIpc) is 2.40. The molecule has 1 aromatic rings. The van der Waals surface area contributed by atoms with Crippen molar-refractivity contribution < 1.29 is 18.7 Å². The van der Waals surface area contributed by atoms with Crippen molar-refractivity contribution >= 4 is 12.0 Å². The van der Waals surface area contributed by atoms with Gasteiger partial charge in [0.2, 0.25) is 0 Å². The van der Waals surface area contributed by atoms with E-state index in [9.17, 15) is 9.18 Å². The van der Waals surface area contributed by atoms with Gasteiger partial charge in [-0.25, -0.2) is 9.18 Å². The van der Waals surface area contributed by atoms with Crippen LogP contribution in [0.3, 0.4) is 0 Å². The smallest absolute Gasteiger partial charge is 0.340 e. The van der Waals surface area contributed by atoms with Gasteiger partial charge in [0, 0.05) is 16.5 Å². The molecule has 6 nitrogen and oxygen atoms in total. The minimum atomic E-state index is -0.755. The fraction of sp³-hybridized carbons (Fsp3) is 0.357. The highest BCUT2D eigenvalue weighted by atomic mass is 19.1. The molecular weight excluding hydrogens is 277 g/mol. The van der Waals surface area contributed by atoms with Crippen LogP contribution in [-0.2, 0) is 9.53 Å². The van der Waals surface area contributed by atoms with Crippen molar-refractivity contribution in [1.29, 1.82) is 0 Å². The first-order valence-corrected chi connectivity index (χ1v) is 6.38. The first kappa shape index (κ1) is 16.5. The minimum absolute atomic E-state index is 0.149. The van der Waals surface area contributed by atoms with Crippen molar-refractivity contribution in [2.45, 2.75) is 26.9 Å². The first-order valence-electron chi connectivity index (χ1n) is 6.38. The quantitative estimate of drug-likeness (QED) is 0.263. The molecule has 0 bridgehead atoms. The van der Waals surface area contributed by atoms with Gasteiger partial charge in [0.15, 0.2) is 0 Å². The third kappa shape index (κ3) is 5.16. The predicted molar refractivity (Wildman–Crippen MR) is 75.9 cm³/mol. The first-order chi connectivity index (χ1) is 9.97. The van der Waals surface area contributed by atoms with Crippen LogP contribution in [-0.4, -0.2) is 18.7 Å². The summed E-state index contributed by atoms with van der Waals surface area (Å²) in [7, 11) is 0. The maximum Gasteiger partial charge on any atom is 0.340 e. The molecule has 0 heterocycles. The zero-order chi connectivity index (χ0) is 15.8. The molecule has 21 heavy (non-hydrogen) atoms. The number of hydrogen-bond acceptors (Lipinski definition) is 4. The van der Waals surface area contributed by atoms with Crippen LogP contribution in [0, 0.1) is 5.82 Å². The number of benzene rings is 1. The molecule has 0 radical (unpaired) electrons. The Hall–Kier alpha value is -2.53. The average molecular weight is 293 g/mol. The molecule has 0 fully saturated rings. The summed E-state index contributed by atoms with van der Waals surface area (Å²) in [5.74, 6) is -0.973. The SMILES string of the molecule is CCOC(=O)/C(=C/c1ccc(F)cc1OC(C)C)N=[N+]=[N-]. The van der Waals surface area contributed by atoms with Gasteiger partial charge in [0.1, 0.15) is 17.3 Å². The monoisotopic (exact) mass is 293 g/mol. The molecule has 7 heteroatoms. The number of halogens is 1. The van der Waals surface area contributed by atoms with Crippen molar-refractivity contribution in [2.75, 3.05) is 6.61 Å². The summed E-state index contributed by atoms with van der Waals surface area (Å²) in [5, 5.41) is 3.30. The van der Waals surface area contributed by atoms with Gasteiger partial charge in [-0.05, 0) is 44.5 Å². The summed E-state index contributed by atoms with van der Waals surface area (Å²) in [6, 6.07) is 3.85. The van der Waals surface area contributed by atoms with E-state index in [0.717, 1.165) is 0 Å². The Bertz CT molecular complexity index is 593. The van der Waals surface area contributed by atoms with Crippen LogP contribution < -0.4 is 4.74 Å². The third-order valence-corrected chi connectivity index (χ3v) is 2.27. The Morgan fingerprint density at radius 1 is 1.52 bits per heavy atom. The lowest BCUT2D eigenvalue weighted by atomic mass is 10.1. The molecule has 0 unspecified atom stereocenters. The van der Waals surface area contributed by atoms with Crippen LogP contribution in [0.15, 0.2) is 29.0 Å². The summed E-state index contributed by atoms with van der Waals surface area (Å²) in [6.07, 6.45) is 1.12. The van der Waals surface area contributed by atoms with E-state index in [4.69, 9.17) is 15.0 Å². The van der Waals surface area contributed by atoms with E-state index in [0.29, 0.717) is 5.56 Å². The molecule has 0 saturated carbocycles. The maximum absolute atomic E-state index is 13.3. The predicted octanol–water partition coefficient (Wildman–Crippen LogP) is 3.83. The molecule has 0 aliphatic rings. The second-order valence-corrected chi connectivity index (χ2v) is 4.29. The Kier molecular flexibility index (Phi) is 6.23. The van der Waals surface area contributed by atoms with Gasteiger partial charge in [0.05, 0.1) is 12.7 Å². The topological polar surface area (TPSA) is 84.3 Å². The normalized spacial score (nSPS) is 11.0. The van der Waals surface area contributed by atoms with E-state index in [1.165, 1.54) is 24.3 Å². The largest absolute Gasteiger partial charge is 0.490 e. The van der Waals surface area contributed by atoms with Crippen LogP contribution in [0.5, 0.6) is 5.75 Å². The summed E-state index contributed by atoms with van der Waals surface area (Å²) < 4.78 is 23.5. The van der Waals surface area contributed by atoms with Gasteiger partial charge in [-0.1, -0.05) is 5.11 Å². The van der Waals surface area contributed by atoms with Crippen molar-refractivity contribution in [3.63, 3.8) is 0 Å². The van der Waals surface area contributed by atoms with Gasteiger partial charge < -0.3 is 9.47 Å². The number of esters is 1. The second-order valence-electron chi connectivity index (χ2n) is 4.29. The summed E-state index contributed by atoms with van der Waals surface area (Å²) >= 11 is 0. The van der Waals surface area contributed by atoms with Crippen molar-refractivity contribution in [2.24, 2.45) is 5.11 Å². The molecule has 1 rings (SSSR count). The number of rotatable bonds is 6. The van der Waals surface area contributed by atoms with Crippen LogP contribution in [0.2, 0.25) is 0 Å². The zero-order valence-electron chi connectivity index (χ0n) is 12.0. The lowest BCUT2D eigenvalue weighted by molar-refractivity contribution is -0.138. The van der Waals surface area contributed by atoms with E-state index in [1.54, 1.807) is 20.8 Å². The molecule has 0 aliphatic heterocycles. The molecule has 112 valence electrons. The highest BCUT2D eigenvalue weighted by molar-refractivity contribution is 5.93. The van der Waals surface area contributed by atoms with Crippen LogP contribution in [0.4, 0.5) is 4.39 Å². The summed E-state index contributed by atoms with van der Waals surface area (Å²) in [4.78, 5) is 14.3. The number of ether oxygens (including phenoxy) is 2. The minimum Gasteiger partial charge on any atom is -0.490 e. The van der Waals surface area contributed by atoms with Crippen molar-refractivity contribution in [3.8, 4) is 5.75 Å². The molecule has 0 saturated heterocycles. The molecule has 0 spiro atoms. The Labute approximate surface area is 121 Å². The van der Waals surface area contributed by atoms with Gasteiger partial charge in [0.25, 0.3) is 0 Å². The highest BCUT2D eigenvalue weighted by Crippen LogP contribution is 2.24. The van der Waals surface area contributed by atoms with Gasteiger partial charge in [-0.3, -0.25) is 0 Å². The van der Waals surface area contributed by atoms with Crippen molar-refractivity contribution in [1.82, 2.24) is 0 Å². The van der Waals surface area contributed by atoms with Gasteiger partial charge in [-0.15, -0.1) is 0 Å². The standard InChI is InChI=1S/C14H16FN3O3/c1-4-20-14(19)12(17-18-16)7-10-5-6-11(15)8-13(10)21-9(2)3/h5-9H,4H2,1-3H3/b12-7-. The number of carbonyl (C=O) groups is 1. The number of nitrogens with zero attached hydrogens (tertiary/aromatic N) is 3. The molecule has 0 amide bonds. The fourth-order valence-electron chi connectivity index (χ4n) is 1.51. The highest BCUT2D eigenvalue weighted by Gasteiger charge is 2.12. The Balaban J connectivity index is 3.25. The number of azide groups is 1. The summed E-state index contributed by atoms with van der Waals surface area (Å²) in [6.45, 7) is 5.36. The van der Waals surface area contributed by atoms with Crippen molar-refractivity contribution in [3.05, 3.63) is 45.7 Å². The van der Waals surface area contributed by atoms with Crippen LogP contribution in [0.1, 0.15) is 26.3 Å². The Morgan fingerprint density at radius 3 is 2.81 bits per heavy atom. The molecule has 0 aromatic heterocycles. The van der Waals surface area contributed by atoms with Crippen LogP contribution >= 0.6 is 0 Å². The fourth-order valence-corrected chi connectivity index (χ4v) is 1.51. The lowest BCUT2D eigenvalue weighted by Crippen LogP contribution is -2.08. The second kappa shape index (κ2) is 7.91. The van der Waals surface area contributed by atoms with E-state index in [-0.39, 0.29) is 24.2 Å². The van der Waals surface area contributed by atoms with Crippen LogP contribution in [0.25, 0.3) is 16.5 Å². The van der Waals surface area contributed by atoms with E-state index in [2.05, 4.69) is 10.0 Å². The number of hydrogen-bond donors (Lipinski definition) is 0. The zero-order valence-corrected chi connectivity index (χ0v) is 12.0. The molecular formula is C14H16FN3O3. The molecule has 0 aliphatic carbocycles. The molecule has 0 N–H and O–H groups in total. The van der Waals surface area contributed by atoms with Gasteiger partial charge >= 0.3 is 5.97 Å². The third-order valence-electron chi connectivity index (χ3n) is 2.27. The number of carbonyl (C=O) groups excluding carboxylic acids is 1. The Morgan fingerprint density at radius 2 is 2.24 bits per heavy atom. The van der Waals surface area contributed by atoms with E-state index < -0.39 is 11.8 Å². The molecule has 0 atom stereocenters. The maximum atomic E-state index is 13.3. The van der Waals surface area contributed by atoms with Gasteiger partial charge in [-0.2, -0.15) is 0 Å². The van der Waals surface area contributed by atoms with E-state index in [1.807, 2.05) is 0 Å².